The number of carbonyl (C=O) groups excluding carboxylic acids is 1. The number of halogens is 3. The lowest BCUT2D eigenvalue weighted by molar-refractivity contribution is -0.161. The minimum Gasteiger partial charge on any atom is -0.475 e. The fourth-order valence-electron chi connectivity index (χ4n) is 2.72. The summed E-state index contributed by atoms with van der Waals surface area (Å²) in [5.74, 6) is -3.35. The van der Waals surface area contributed by atoms with Crippen LogP contribution in [0.4, 0.5) is 18.9 Å². The molecule has 0 saturated heterocycles. The molecule has 1 aromatic rings. The Hall–Kier alpha value is -2.25. The van der Waals surface area contributed by atoms with Gasteiger partial charge in [0.2, 0.25) is 5.88 Å². The summed E-state index contributed by atoms with van der Waals surface area (Å²) < 4.78 is 52.7. The lowest BCUT2D eigenvalue weighted by Crippen LogP contribution is -2.36. The highest BCUT2D eigenvalue weighted by Crippen LogP contribution is 2.50. The van der Waals surface area contributed by atoms with Crippen LogP contribution in [0.1, 0.15) is 53.0 Å². The largest absolute Gasteiger partial charge is 0.475 e. The van der Waals surface area contributed by atoms with E-state index >= 15 is 0 Å². The van der Waals surface area contributed by atoms with Crippen LogP contribution in [0.3, 0.4) is 0 Å². The first-order chi connectivity index (χ1) is 11.8. The SMILES string of the molecule is CC1=C(C(=O)OC(C)(C)C)C(C(F)(F)F)c2c(ccnc2OC(C)C)N1. The van der Waals surface area contributed by atoms with Crippen molar-refractivity contribution >= 4 is 11.7 Å². The molecule has 2 rings (SSSR count). The fraction of sp³-hybridized carbons (Fsp3) is 0.556. The second-order valence-electron chi connectivity index (χ2n) is 7.38. The normalized spacial score (nSPS) is 17.7. The Kier molecular flexibility index (Phi) is 5.26. The monoisotopic (exact) mass is 372 g/mol. The van der Waals surface area contributed by atoms with Gasteiger partial charge in [-0.3, -0.25) is 0 Å². The van der Waals surface area contributed by atoms with Crippen LogP contribution in [0, 0.1) is 0 Å². The minimum absolute atomic E-state index is 0.0933. The first-order valence-electron chi connectivity index (χ1n) is 8.24. The molecule has 0 fully saturated rings. The van der Waals surface area contributed by atoms with Crippen LogP contribution in [0.2, 0.25) is 0 Å². The van der Waals surface area contributed by atoms with Gasteiger partial charge in [0.05, 0.1) is 17.2 Å². The number of anilines is 1. The van der Waals surface area contributed by atoms with Crippen molar-refractivity contribution in [3.8, 4) is 5.88 Å². The predicted molar refractivity (Wildman–Crippen MR) is 91.0 cm³/mol. The van der Waals surface area contributed by atoms with Crippen LogP contribution in [-0.4, -0.2) is 28.8 Å². The van der Waals surface area contributed by atoms with Gasteiger partial charge >= 0.3 is 12.1 Å². The molecule has 2 heterocycles. The molecule has 1 aliphatic heterocycles. The number of allylic oxidation sites excluding steroid dienone is 1. The van der Waals surface area contributed by atoms with E-state index in [1.807, 2.05) is 0 Å². The summed E-state index contributed by atoms with van der Waals surface area (Å²) in [6.45, 7) is 9.60. The molecule has 26 heavy (non-hydrogen) atoms. The first kappa shape index (κ1) is 20.1. The molecular formula is C18H23F3N2O3. The topological polar surface area (TPSA) is 60.5 Å². The van der Waals surface area contributed by atoms with Gasteiger partial charge < -0.3 is 14.8 Å². The van der Waals surface area contributed by atoms with Crippen LogP contribution >= 0.6 is 0 Å². The lowest BCUT2D eigenvalue weighted by atomic mass is 9.85. The molecule has 1 N–H and O–H groups in total. The quantitative estimate of drug-likeness (QED) is 0.789. The lowest BCUT2D eigenvalue weighted by Gasteiger charge is -2.33. The van der Waals surface area contributed by atoms with Crippen molar-refractivity contribution in [3.05, 3.63) is 29.1 Å². The van der Waals surface area contributed by atoms with Crippen LogP contribution < -0.4 is 10.1 Å². The Balaban J connectivity index is 2.63. The van der Waals surface area contributed by atoms with Gasteiger partial charge in [0, 0.05) is 17.6 Å². The highest BCUT2D eigenvalue weighted by atomic mass is 19.4. The zero-order valence-corrected chi connectivity index (χ0v) is 15.6. The van der Waals surface area contributed by atoms with Crippen molar-refractivity contribution in [1.82, 2.24) is 4.98 Å². The number of esters is 1. The maximum absolute atomic E-state index is 14.0. The number of aromatic nitrogens is 1. The molecule has 0 aromatic carbocycles. The zero-order chi connectivity index (χ0) is 19.9. The summed E-state index contributed by atoms with van der Waals surface area (Å²) in [6.07, 6.45) is -3.73. The molecule has 0 bridgehead atoms. The molecule has 1 atom stereocenters. The summed E-state index contributed by atoms with van der Waals surface area (Å²) >= 11 is 0. The van der Waals surface area contributed by atoms with Crippen molar-refractivity contribution < 1.29 is 27.4 Å². The number of hydrogen-bond donors (Lipinski definition) is 1. The highest BCUT2D eigenvalue weighted by molar-refractivity contribution is 5.94. The van der Waals surface area contributed by atoms with E-state index in [4.69, 9.17) is 9.47 Å². The van der Waals surface area contributed by atoms with Gasteiger partial charge in [0.25, 0.3) is 0 Å². The second-order valence-corrected chi connectivity index (χ2v) is 7.38. The third kappa shape index (κ3) is 4.28. The van der Waals surface area contributed by atoms with Crippen LogP contribution in [0.25, 0.3) is 0 Å². The molecule has 1 aliphatic rings. The minimum atomic E-state index is -4.72. The Bertz CT molecular complexity index is 734. The van der Waals surface area contributed by atoms with Crippen LogP contribution in [-0.2, 0) is 9.53 Å². The van der Waals surface area contributed by atoms with Gasteiger partial charge in [-0.15, -0.1) is 0 Å². The molecule has 8 heteroatoms. The van der Waals surface area contributed by atoms with Gasteiger partial charge in [-0.1, -0.05) is 0 Å². The van der Waals surface area contributed by atoms with Crippen molar-refractivity contribution in [2.75, 3.05) is 5.32 Å². The van der Waals surface area contributed by atoms with E-state index < -0.39 is 29.2 Å². The molecule has 0 saturated carbocycles. The summed E-state index contributed by atoms with van der Waals surface area (Å²) in [5.41, 5.74) is -1.31. The highest BCUT2D eigenvalue weighted by Gasteiger charge is 2.51. The van der Waals surface area contributed by atoms with E-state index in [1.54, 1.807) is 34.6 Å². The van der Waals surface area contributed by atoms with Gasteiger partial charge in [0.15, 0.2) is 0 Å². The smallest absolute Gasteiger partial charge is 0.400 e. The fourth-order valence-corrected chi connectivity index (χ4v) is 2.72. The van der Waals surface area contributed by atoms with E-state index in [0.29, 0.717) is 0 Å². The van der Waals surface area contributed by atoms with Crippen molar-refractivity contribution in [1.29, 1.82) is 0 Å². The summed E-state index contributed by atoms with van der Waals surface area (Å²) in [6, 6.07) is 1.43. The second kappa shape index (κ2) is 6.81. The number of fused-ring (bicyclic) bond motifs is 1. The molecule has 0 aliphatic carbocycles. The number of rotatable bonds is 3. The number of pyridine rings is 1. The molecule has 0 amide bonds. The number of carbonyl (C=O) groups is 1. The van der Waals surface area contributed by atoms with Crippen molar-refractivity contribution in [3.63, 3.8) is 0 Å². The number of alkyl halides is 3. The van der Waals surface area contributed by atoms with Gasteiger partial charge in [-0.05, 0) is 47.6 Å². The summed E-state index contributed by atoms with van der Waals surface area (Å²) in [5, 5.41) is 2.85. The maximum atomic E-state index is 14.0. The van der Waals surface area contributed by atoms with Gasteiger partial charge in [-0.2, -0.15) is 13.2 Å². The Morgan fingerprint density at radius 1 is 1.27 bits per heavy atom. The molecule has 0 spiro atoms. The summed E-state index contributed by atoms with van der Waals surface area (Å²) in [4.78, 5) is 16.5. The number of hydrogen-bond acceptors (Lipinski definition) is 5. The van der Waals surface area contributed by atoms with Gasteiger partial charge in [0.1, 0.15) is 11.5 Å². The Labute approximate surface area is 150 Å². The average molecular weight is 372 g/mol. The first-order valence-corrected chi connectivity index (χ1v) is 8.24. The van der Waals surface area contributed by atoms with Crippen molar-refractivity contribution in [2.24, 2.45) is 0 Å². The van der Waals surface area contributed by atoms with E-state index in [0.717, 1.165) is 0 Å². The number of ether oxygens (including phenoxy) is 2. The number of nitrogens with zero attached hydrogens (tertiary/aromatic N) is 1. The van der Waals surface area contributed by atoms with Crippen LogP contribution in [0.15, 0.2) is 23.5 Å². The third-order valence-electron chi connectivity index (χ3n) is 3.55. The van der Waals surface area contributed by atoms with E-state index in [-0.39, 0.29) is 28.9 Å². The molecule has 0 radical (unpaired) electrons. The summed E-state index contributed by atoms with van der Waals surface area (Å²) in [7, 11) is 0. The van der Waals surface area contributed by atoms with Crippen LogP contribution in [0.5, 0.6) is 5.88 Å². The molecule has 5 nitrogen and oxygen atoms in total. The molecular weight excluding hydrogens is 349 g/mol. The Morgan fingerprint density at radius 3 is 2.38 bits per heavy atom. The third-order valence-corrected chi connectivity index (χ3v) is 3.55. The molecule has 1 aromatic heterocycles. The number of nitrogens with one attached hydrogen (secondary N) is 1. The molecule has 144 valence electrons. The molecule has 1 unspecified atom stereocenters. The standard InChI is InChI=1S/C18H23F3N2O3/c1-9(2)25-15-13-11(7-8-22-15)23-10(3)12(14(13)18(19,20)21)16(24)26-17(4,5)6/h7-9,14,23H,1-6H3. The average Bonchev–Trinajstić information content (AvgIpc) is 2.42. The maximum Gasteiger partial charge on any atom is 0.400 e. The van der Waals surface area contributed by atoms with E-state index in [9.17, 15) is 18.0 Å². The van der Waals surface area contributed by atoms with Gasteiger partial charge in [-0.25, -0.2) is 9.78 Å². The Morgan fingerprint density at radius 2 is 1.88 bits per heavy atom. The zero-order valence-electron chi connectivity index (χ0n) is 15.6. The van der Waals surface area contributed by atoms with E-state index in [2.05, 4.69) is 10.3 Å². The van der Waals surface area contributed by atoms with Crippen molar-refractivity contribution in [2.45, 2.75) is 65.3 Å². The van der Waals surface area contributed by atoms with E-state index in [1.165, 1.54) is 19.2 Å². The predicted octanol–water partition coefficient (Wildman–Crippen LogP) is 4.56.